The Labute approximate surface area is 432 Å². The van der Waals surface area contributed by atoms with Crippen LogP contribution in [0.25, 0.3) is 66.8 Å². The smallest absolute Gasteiger partial charge is 0.135 e. The predicted molar refractivity (Wildman–Crippen MR) is 297 cm³/mol. The molecule has 0 N–H and O–H groups in total. The number of hydrogen-bond acceptors (Lipinski definition) is 4. The molecule has 1 aliphatic carbocycles. The zero-order chi connectivity index (χ0) is 48.6. The van der Waals surface area contributed by atoms with Crippen molar-refractivity contribution in [3.63, 3.8) is 0 Å². The van der Waals surface area contributed by atoms with Crippen LogP contribution in [-0.4, -0.2) is 23.0 Å². The first-order chi connectivity index (χ1) is 33.0. The SMILES string of the molecule is CC(C)(C)Cc1cc(-c2ccccc2)ncc1[Si](C)(C)C.CC(C)(C)Cc1ccnc(-c2ccccc2)c1.[Ir].c1ccc(-c2ccc3oc4ccc(-c5cc(CC6CCCC6)ccn5)cc4c3c2)cc1. The average molecular weight is 1120 g/mol. The fraction of sp³-hybridized carbons (Fsp3) is 0.297. The number of rotatable bonds is 9. The van der Waals surface area contributed by atoms with Crippen molar-refractivity contribution >= 4 is 35.2 Å². The molecule has 6 heteroatoms. The number of furan rings is 1. The van der Waals surface area contributed by atoms with E-state index in [0.29, 0.717) is 10.8 Å². The summed E-state index contributed by atoms with van der Waals surface area (Å²) >= 11 is 0. The molecule has 0 unspecified atom stereocenters. The maximum atomic E-state index is 6.13. The van der Waals surface area contributed by atoms with Gasteiger partial charge in [0.25, 0.3) is 0 Å². The van der Waals surface area contributed by atoms with Crippen molar-refractivity contribution in [3.05, 3.63) is 193 Å². The topological polar surface area (TPSA) is 51.8 Å². The third-order valence-corrected chi connectivity index (χ3v) is 15.0. The third kappa shape index (κ3) is 14.2. The van der Waals surface area contributed by atoms with E-state index in [1.54, 1.807) is 0 Å². The molecule has 9 aromatic rings. The minimum Gasteiger partial charge on any atom is -0.456 e. The van der Waals surface area contributed by atoms with Crippen LogP contribution in [-0.2, 0) is 39.4 Å². The Morgan fingerprint density at radius 3 is 1.50 bits per heavy atom. The number of fused-ring (bicyclic) bond motifs is 3. The van der Waals surface area contributed by atoms with Crippen LogP contribution in [0.3, 0.4) is 0 Å². The van der Waals surface area contributed by atoms with Crippen molar-refractivity contribution in [3.8, 4) is 44.9 Å². The van der Waals surface area contributed by atoms with E-state index < -0.39 is 8.07 Å². The van der Waals surface area contributed by atoms with Crippen molar-refractivity contribution in [2.45, 2.75) is 106 Å². The Morgan fingerprint density at radius 1 is 0.486 bits per heavy atom. The summed E-state index contributed by atoms with van der Waals surface area (Å²) in [5, 5.41) is 3.80. The molecule has 1 aliphatic rings. The van der Waals surface area contributed by atoms with Crippen LogP contribution in [0, 0.1) is 16.7 Å². The molecule has 361 valence electrons. The number of pyridine rings is 3. The van der Waals surface area contributed by atoms with Gasteiger partial charge in [-0.05, 0) is 130 Å². The molecule has 0 aliphatic heterocycles. The van der Waals surface area contributed by atoms with E-state index in [4.69, 9.17) is 9.40 Å². The third-order valence-electron chi connectivity index (χ3n) is 12.9. The standard InChI is InChI=1S/C29H25NO.C19H27NSi.C16H19N.Ir/c1-2-8-22(9-3-1)23-10-12-28-25(18-23)26-19-24(11-13-29(26)31-28)27-17-21(14-15-30-27)16-20-6-4-5-7-20;1-19(2,3)13-16-12-17(15-10-8-7-9-11-15)20-14-18(16)21(4,5)6;1-16(2,3)12-13-9-10-17-15(11-13)14-7-5-4-6-8-14;/h1-3,8-15,17-20H,4-7,16H2;7-12,14H,13H2,1-6H3;4-11H,12H2,1-3H3;. The largest absolute Gasteiger partial charge is 0.456 e. The fourth-order valence-corrected chi connectivity index (χ4v) is 11.2. The molecule has 5 aromatic carbocycles. The van der Waals surface area contributed by atoms with Crippen molar-refractivity contribution in [1.82, 2.24) is 15.0 Å². The number of benzene rings is 5. The van der Waals surface area contributed by atoms with Gasteiger partial charge in [0, 0.05) is 66.2 Å². The van der Waals surface area contributed by atoms with Crippen LogP contribution in [0.4, 0.5) is 0 Å². The van der Waals surface area contributed by atoms with Gasteiger partial charge in [0.1, 0.15) is 11.2 Å². The molecule has 70 heavy (non-hydrogen) atoms. The second-order valence-corrected chi connectivity index (χ2v) is 27.6. The number of nitrogens with zero attached hydrogens (tertiary/aromatic N) is 3. The normalized spacial score (nSPS) is 13.0. The Balaban J connectivity index is 0.000000163. The summed E-state index contributed by atoms with van der Waals surface area (Å²) in [6.07, 6.45) is 14.9. The van der Waals surface area contributed by atoms with Gasteiger partial charge in [0.2, 0.25) is 0 Å². The molecule has 4 heterocycles. The second-order valence-electron chi connectivity index (χ2n) is 22.5. The van der Waals surface area contributed by atoms with E-state index in [0.717, 1.165) is 63.3 Å². The van der Waals surface area contributed by atoms with Gasteiger partial charge >= 0.3 is 0 Å². The summed E-state index contributed by atoms with van der Waals surface area (Å²) < 4.78 is 6.13. The number of hydrogen-bond donors (Lipinski definition) is 0. The Hall–Kier alpha value is -5.78. The molecule has 0 bridgehead atoms. The summed E-state index contributed by atoms with van der Waals surface area (Å²) in [6.45, 7) is 20.9. The van der Waals surface area contributed by atoms with Gasteiger partial charge in [-0.3, -0.25) is 15.0 Å². The average Bonchev–Trinajstić information content (AvgIpc) is 3.99. The molecule has 4 nitrogen and oxygen atoms in total. The Morgan fingerprint density at radius 2 is 0.957 bits per heavy atom. The van der Waals surface area contributed by atoms with Crippen molar-refractivity contribution < 1.29 is 24.5 Å². The van der Waals surface area contributed by atoms with Gasteiger partial charge in [0.05, 0.1) is 25.2 Å². The van der Waals surface area contributed by atoms with E-state index in [1.165, 1.54) is 76.2 Å². The fourth-order valence-electron chi connectivity index (χ4n) is 9.67. The summed E-state index contributed by atoms with van der Waals surface area (Å²) in [7, 11) is -1.36. The van der Waals surface area contributed by atoms with Gasteiger partial charge in [-0.15, -0.1) is 0 Å². The van der Waals surface area contributed by atoms with Gasteiger partial charge in [-0.2, -0.15) is 0 Å². The second kappa shape index (κ2) is 23.0. The summed E-state index contributed by atoms with van der Waals surface area (Å²) in [6, 6.07) is 55.3. The Bertz CT molecular complexity index is 3080. The molecule has 0 saturated heterocycles. The van der Waals surface area contributed by atoms with Gasteiger partial charge in [0.15, 0.2) is 0 Å². The first-order valence-corrected chi connectivity index (χ1v) is 28.6. The van der Waals surface area contributed by atoms with Crippen LogP contribution in [0.2, 0.25) is 19.6 Å². The monoisotopic (exact) mass is 1120 g/mol. The molecule has 0 spiro atoms. The van der Waals surface area contributed by atoms with Gasteiger partial charge < -0.3 is 4.42 Å². The van der Waals surface area contributed by atoms with E-state index in [9.17, 15) is 0 Å². The van der Waals surface area contributed by atoms with Crippen molar-refractivity contribution in [1.29, 1.82) is 0 Å². The van der Waals surface area contributed by atoms with Crippen LogP contribution in [0.1, 0.15) is 83.9 Å². The van der Waals surface area contributed by atoms with Crippen LogP contribution >= 0.6 is 0 Å². The Kier molecular flexibility index (Phi) is 17.1. The van der Waals surface area contributed by atoms with E-state index in [1.807, 2.05) is 30.6 Å². The van der Waals surface area contributed by atoms with Gasteiger partial charge in [-0.25, -0.2) is 0 Å². The molecule has 0 atom stereocenters. The molecular weight excluding hydrogens is 1050 g/mol. The summed E-state index contributed by atoms with van der Waals surface area (Å²) in [4.78, 5) is 13.9. The molecule has 1 saturated carbocycles. The van der Waals surface area contributed by atoms with Crippen LogP contribution in [0.15, 0.2) is 181 Å². The number of aromatic nitrogens is 3. The van der Waals surface area contributed by atoms with E-state index in [2.05, 4.69) is 217 Å². The van der Waals surface area contributed by atoms with Crippen molar-refractivity contribution in [2.24, 2.45) is 16.7 Å². The molecule has 1 fully saturated rings. The molecule has 1 radical (unpaired) electrons. The maximum Gasteiger partial charge on any atom is 0.135 e. The maximum absolute atomic E-state index is 6.13. The molecule has 10 rings (SSSR count). The zero-order valence-corrected chi connectivity index (χ0v) is 46.2. The first kappa shape index (κ1) is 52.1. The van der Waals surface area contributed by atoms with Gasteiger partial charge in [-0.1, -0.05) is 184 Å². The van der Waals surface area contributed by atoms with Crippen LogP contribution < -0.4 is 5.19 Å². The molecular formula is C64H71IrN3OSi. The predicted octanol–water partition coefficient (Wildman–Crippen LogP) is 17.3. The van der Waals surface area contributed by atoms with Crippen molar-refractivity contribution in [2.75, 3.05) is 0 Å². The quantitative estimate of drug-likeness (QED) is 0.135. The minimum absolute atomic E-state index is 0. The first-order valence-electron chi connectivity index (χ1n) is 25.1. The van der Waals surface area contributed by atoms with Crippen LogP contribution in [0.5, 0.6) is 0 Å². The van der Waals surface area contributed by atoms with E-state index in [-0.39, 0.29) is 20.1 Å². The molecule has 0 amide bonds. The molecule has 4 aromatic heterocycles. The summed E-state index contributed by atoms with van der Waals surface area (Å²) in [5.41, 5.74) is 15.9. The zero-order valence-electron chi connectivity index (χ0n) is 42.9. The van der Waals surface area contributed by atoms with E-state index >= 15 is 0 Å². The summed E-state index contributed by atoms with van der Waals surface area (Å²) in [5.74, 6) is 0.840. The minimum atomic E-state index is -1.36.